The van der Waals surface area contributed by atoms with E-state index in [9.17, 15) is 0 Å². The zero-order valence-electron chi connectivity index (χ0n) is 9.98. The SMILES string of the molecule is CC(C)C1CC2(C1)CN(Cc1nn[nH]n1)C2. The van der Waals surface area contributed by atoms with Crippen LogP contribution in [0.2, 0.25) is 0 Å². The molecular weight excluding hydrogens is 202 g/mol. The summed E-state index contributed by atoms with van der Waals surface area (Å²) in [5.41, 5.74) is 0.651. The molecule has 1 spiro atoms. The molecule has 0 radical (unpaired) electrons. The molecular formula is C11H19N5. The van der Waals surface area contributed by atoms with E-state index in [0.29, 0.717) is 5.41 Å². The maximum absolute atomic E-state index is 3.98. The molecule has 3 rings (SSSR count). The van der Waals surface area contributed by atoms with Crippen LogP contribution in [0.5, 0.6) is 0 Å². The van der Waals surface area contributed by atoms with Crippen LogP contribution >= 0.6 is 0 Å². The van der Waals surface area contributed by atoms with E-state index in [1.54, 1.807) is 0 Å². The van der Waals surface area contributed by atoms with Gasteiger partial charge in [0.15, 0.2) is 5.82 Å². The molecule has 0 amide bonds. The van der Waals surface area contributed by atoms with E-state index in [0.717, 1.165) is 24.2 Å². The molecule has 2 aliphatic rings. The van der Waals surface area contributed by atoms with Gasteiger partial charge in [-0.15, -0.1) is 10.2 Å². The van der Waals surface area contributed by atoms with E-state index in [-0.39, 0.29) is 0 Å². The lowest BCUT2D eigenvalue weighted by Crippen LogP contribution is -2.62. The van der Waals surface area contributed by atoms with E-state index < -0.39 is 0 Å². The molecule has 1 aliphatic heterocycles. The molecule has 1 aliphatic carbocycles. The van der Waals surface area contributed by atoms with Crippen LogP contribution in [0.25, 0.3) is 0 Å². The average Bonchev–Trinajstić information content (AvgIpc) is 2.58. The summed E-state index contributed by atoms with van der Waals surface area (Å²) in [4.78, 5) is 2.42. The summed E-state index contributed by atoms with van der Waals surface area (Å²) in [7, 11) is 0. The Labute approximate surface area is 95.6 Å². The number of hydrogen-bond acceptors (Lipinski definition) is 4. The van der Waals surface area contributed by atoms with Crippen LogP contribution in [0, 0.1) is 17.3 Å². The van der Waals surface area contributed by atoms with Crippen molar-refractivity contribution in [1.82, 2.24) is 25.5 Å². The second kappa shape index (κ2) is 3.52. The molecule has 2 fully saturated rings. The van der Waals surface area contributed by atoms with E-state index in [1.165, 1.54) is 25.9 Å². The van der Waals surface area contributed by atoms with Crippen LogP contribution in [-0.4, -0.2) is 38.6 Å². The van der Waals surface area contributed by atoms with Gasteiger partial charge in [-0.25, -0.2) is 0 Å². The highest BCUT2D eigenvalue weighted by atomic mass is 15.5. The summed E-state index contributed by atoms with van der Waals surface area (Å²) in [6.45, 7) is 7.99. The van der Waals surface area contributed by atoms with Crippen LogP contribution in [0.4, 0.5) is 0 Å². The van der Waals surface area contributed by atoms with Crippen molar-refractivity contribution in [3.8, 4) is 0 Å². The first-order valence-corrected chi connectivity index (χ1v) is 6.12. The van der Waals surface area contributed by atoms with Gasteiger partial charge in [-0.05, 0) is 30.1 Å². The van der Waals surface area contributed by atoms with Gasteiger partial charge >= 0.3 is 0 Å². The normalized spacial score (nSPS) is 24.7. The summed E-state index contributed by atoms with van der Waals surface area (Å²) in [5.74, 6) is 2.64. The fourth-order valence-electron chi connectivity index (χ4n) is 3.25. The van der Waals surface area contributed by atoms with E-state index >= 15 is 0 Å². The van der Waals surface area contributed by atoms with Crippen LogP contribution < -0.4 is 0 Å². The first kappa shape index (κ1) is 10.2. The molecule has 2 heterocycles. The van der Waals surface area contributed by atoms with Crippen molar-refractivity contribution in [1.29, 1.82) is 0 Å². The number of aromatic amines is 1. The quantitative estimate of drug-likeness (QED) is 0.829. The third-order valence-electron chi connectivity index (χ3n) is 4.21. The molecule has 0 unspecified atom stereocenters. The smallest absolute Gasteiger partial charge is 0.188 e. The van der Waals surface area contributed by atoms with E-state index in [1.807, 2.05) is 0 Å². The summed E-state index contributed by atoms with van der Waals surface area (Å²) in [6, 6.07) is 0. The maximum Gasteiger partial charge on any atom is 0.188 e. The molecule has 1 aromatic rings. The number of hydrogen-bond donors (Lipinski definition) is 1. The van der Waals surface area contributed by atoms with E-state index in [2.05, 4.69) is 39.4 Å². The lowest BCUT2D eigenvalue weighted by Gasteiger charge is -2.60. The van der Waals surface area contributed by atoms with Crippen LogP contribution in [0.15, 0.2) is 0 Å². The minimum absolute atomic E-state index is 0.651. The predicted octanol–water partition coefficient (Wildman–Crippen LogP) is 1.07. The number of nitrogens with zero attached hydrogens (tertiary/aromatic N) is 4. The molecule has 0 atom stereocenters. The zero-order chi connectivity index (χ0) is 11.2. The van der Waals surface area contributed by atoms with Crippen LogP contribution in [-0.2, 0) is 6.54 Å². The number of nitrogens with one attached hydrogen (secondary N) is 1. The minimum atomic E-state index is 0.651. The van der Waals surface area contributed by atoms with Crippen molar-refractivity contribution in [3.63, 3.8) is 0 Å². The Hall–Kier alpha value is -0.970. The van der Waals surface area contributed by atoms with Gasteiger partial charge in [-0.2, -0.15) is 5.21 Å². The van der Waals surface area contributed by atoms with Gasteiger partial charge in [0.05, 0.1) is 6.54 Å². The van der Waals surface area contributed by atoms with Gasteiger partial charge in [0.25, 0.3) is 0 Å². The van der Waals surface area contributed by atoms with Crippen molar-refractivity contribution in [2.24, 2.45) is 17.3 Å². The highest BCUT2D eigenvalue weighted by Gasteiger charge is 2.52. The Kier molecular flexibility index (Phi) is 2.24. The molecule has 0 bridgehead atoms. The second-order valence-corrected chi connectivity index (χ2v) is 5.89. The Morgan fingerprint density at radius 3 is 2.75 bits per heavy atom. The van der Waals surface area contributed by atoms with E-state index in [4.69, 9.17) is 0 Å². The van der Waals surface area contributed by atoms with Crippen LogP contribution in [0.1, 0.15) is 32.5 Å². The predicted molar refractivity (Wildman–Crippen MR) is 59.4 cm³/mol. The first-order valence-electron chi connectivity index (χ1n) is 6.12. The molecule has 1 saturated heterocycles. The first-order chi connectivity index (χ1) is 7.67. The van der Waals surface area contributed by atoms with Crippen LogP contribution in [0.3, 0.4) is 0 Å². The molecule has 0 aromatic carbocycles. The van der Waals surface area contributed by atoms with Gasteiger partial charge in [0.2, 0.25) is 0 Å². The highest BCUT2D eigenvalue weighted by Crippen LogP contribution is 2.54. The largest absolute Gasteiger partial charge is 0.295 e. The number of H-pyrrole nitrogens is 1. The third kappa shape index (κ3) is 1.63. The van der Waals surface area contributed by atoms with Crippen molar-refractivity contribution >= 4 is 0 Å². The monoisotopic (exact) mass is 221 g/mol. The molecule has 1 aromatic heterocycles. The Morgan fingerprint density at radius 2 is 2.19 bits per heavy atom. The van der Waals surface area contributed by atoms with Gasteiger partial charge < -0.3 is 0 Å². The fraction of sp³-hybridized carbons (Fsp3) is 0.909. The molecule has 88 valence electrons. The molecule has 5 nitrogen and oxygen atoms in total. The zero-order valence-corrected chi connectivity index (χ0v) is 9.98. The Morgan fingerprint density at radius 1 is 1.44 bits per heavy atom. The lowest BCUT2D eigenvalue weighted by atomic mass is 9.55. The molecule has 1 N–H and O–H groups in total. The summed E-state index contributed by atoms with van der Waals surface area (Å²) >= 11 is 0. The third-order valence-corrected chi connectivity index (χ3v) is 4.21. The molecule has 16 heavy (non-hydrogen) atoms. The summed E-state index contributed by atoms with van der Waals surface area (Å²) < 4.78 is 0. The number of tetrazole rings is 1. The standard InChI is InChI=1S/C11H19N5/c1-8(2)9-3-11(4-9)6-16(7-11)5-10-12-14-15-13-10/h8-9H,3-7H2,1-2H3,(H,12,13,14,15). The molecule has 1 saturated carbocycles. The van der Waals surface area contributed by atoms with Gasteiger partial charge in [0.1, 0.15) is 0 Å². The summed E-state index contributed by atoms with van der Waals surface area (Å²) in [6.07, 6.45) is 2.85. The lowest BCUT2D eigenvalue weighted by molar-refractivity contribution is -0.110. The maximum atomic E-state index is 3.98. The van der Waals surface area contributed by atoms with Crippen molar-refractivity contribution < 1.29 is 0 Å². The Balaban J connectivity index is 1.46. The minimum Gasteiger partial charge on any atom is -0.295 e. The van der Waals surface area contributed by atoms with Crippen molar-refractivity contribution in [2.45, 2.75) is 33.2 Å². The number of likely N-dealkylation sites (tertiary alicyclic amines) is 1. The topological polar surface area (TPSA) is 57.7 Å². The van der Waals surface area contributed by atoms with Gasteiger partial charge in [-0.3, -0.25) is 4.90 Å². The Bertz CT molecular complexity index is 344. The number of aromatic nitrogens is 4. The number of rotatable bonds is 3. The van der Waals surface area contributed by atoms with Gasteiger partial charge in [-0.1, -0.05) is 19.1 Å². The molecule has 5 heteroatoms. The summed E-state index contributed by atoms with van der Waals surface area (Å²) in [5, 5.41) is 14.0. The highest BCUT2D eigenvalue weighted by molar-refractivity contribution is 5.05. The average molecular weight is 221 g/mol. The van der Waals surface area contributed by atoms with Gasteiger partial charge in [0, 0.05) is 13.1 Å². The van der Waals surface area contributed by atoms with Crippen molar-refractivity contribution in [3.05, 3.63) is 5.82 Å². The second-order valence-electron chi connectivity index (χ2n) is 5.89. The fourth-order valence-corrected chi connectivity index (χ4v) is 3.25. The van der Waals surface area contributed by atoms with Crippen molar-refractivity contribution in [2.75, 3.05) is 13.1 Å².